The minimum absolute atomic E-state index is 0. The second kappa shape index (κ2) is 13.5. The lowest BCUT2D eigenvalue weighted by atomic mass is 9.77. The first-order valence-electron chi connectivity index (χ1n) is 13.7. The lowest BCUT2D eigenvalue weighted by molar-refractivity contribution is -0.138. The van der Waals surface area contributed by atoms with Crippen molar-refractivity contribution >= 4 is 35.8 Å². The third-order valence-electron chi connectivity index (χ3n) is 8.31. The Morgan fingerprint density at radius 1 is 0.950 bits per heavy atom. The molecule has 2 fully saturated rings. The lowest BCUT2D eigenvalue weighted by Crippen LogP contribution is -2.45. The van der Waals surface area contributed by atoms with Crippen LogP contribution in [0.2, 0.25) is 5.02 Å². The molecule has 1 spiro atoms. The van der Waals surface area contributed by atoms with Gasteiger partial charge in [0.2, 0.25) is 5.91 Å². The second-order valence-corrected chi connectivity index (χ2v) is 11.1. The van der Waals surface area contributed by atoms with Gasteiger partial charge in [-0.05, 0) is 74.2 Å². The number of carbonyl (C=O) groups is 2. The SMILES string of the molecule is COc1ccc(CN2CCC3(CCN(CCC(NC(=O)c4ccccc4Cl)c4ccccc4)CC3)C2=O)cc1.Cl. The highest BCUT2D eigenvalue weighted by atomic mass is 35.5. The molecule has 40 heavy (non-hydrogen) atoms. The van der Waals surface area contributed by atoms with E-state index in [1.807, 2.05) is 59.5 Å². The van der Waals surface area contributed by atoms with Crippen LogP contribution in [-0.2, 0) is 11.3 Å². The number of nitrogens with one attached hydrogen (secondary N) is 1. The van der Waals surface area contributed by atoms with Crippen molar-refractivity contribution in [1.29, 1.82) is 0 Å². The van der Waals surface area contributed by atoms with Crippen molar-refractivity contribution in [1.82, 2.24) is 15.1 Å². The van der Waals surface area contributed by atoms with Gasteiger partial charge in [-0.25, -0.2) is 0 Å². The minimum atomic E-state index is -0.236. The maximum absolute atomic E-state index is 13.5. The largest absolute Gasteiger partial charge is 0.497 e. The van der Waals surface area contributed by atoms with Crippen LogP contribution in [0.15, 0.2) is 78.9 Å². The predicted molar refractivity (Wildman–Crippen MR) is 161 cm³/mol. The summed E-state index contributed by atoms with van der Waals surface area (Å²) in [5, 5.41) is 3.65. The van der Waals surface area contributed by atoms with E-state index in [1.165, 1.54) is 0 Å². The summed E-state index contributed by atoms with van der Waals surface area (Å²) in [7, 11) is 1.66. The van der Waals surface area contributed by atoms with Gasteiger partial charge in [-0.3, -0.25) is 9.59 Å². The molecule has 0 saturated carbocycles. The van der Waals surface area contributed by atoms with Crippen molar-refractivity contribution < 1.29 is 14.3 Å². The fourth-order valence-electron chi connectivity index (χ4n) is 5.86. The Labute approximate surface area is 248 Å². The average Bonchev–Trinajstić information content (AvgIpc) is 3.27. The Balaban J connectivity index is 0.00000370. The molecule has 6 nitrogen and oxygen atoms in total. The molecule has 212 valence electrons. The summed E-state index contributed by atoms with van der Waals surface area (Å²) in [6.45, 7) is 4.10. The molecule has 0 radical (unpaired) electrons. The first-order valence-corrected chi connectivity index (χ1v) is 14.1. The van der Waals surface area contributed by atoms with Crippen molar-refractivity contribution in [3.05, 3.63) is 101 Å². The van der Waals surface area contributed by atoms with Crippen molar-refractivity contribution in [3.63, 3.8) is 0 Å². The standard InChI is InChI=1S/C32H36ClN3O3.ClH/c1-39-26-13-11-24(12-14-26)23-36-22-18-32(31(36)38)16-20-35(21-17-32)19-15-29(25-7-3-2-4-8-25)34-30(37)27-9-5-6-10-28(27)33;/h2-14,29H,15-23H2,1H3,(H,34,37);1H. The molecule has 3 aromatic carbocycles. The van der Waals surface area contributed by atoms with Crippen molar-refractivity contribution in [2.24, 2.45) is 5.41 Å². The Bertz CT molecular complexity index is 1280. The number of hydrogen-bond donors (Lipinski definition) is 1. The molecule has 1 atom stereocenters. The summed E-state index contributed by atoms with van der Waals surface area (Å²) < 4.78 is 5.25. The zero-order valence-electron chi connectivity index (χ0n) is 22.9. The number of rotatable bonds is 9. The van der Waals surface area contributed by atoms with Gasteiger partial charge in [0.15, 0.2) is 0 Å². The first-order chi connectivity index (χ1) is 19.0. The molecule has 8 heteroatoms. The number of piperidine rings is 1. The third kappa shape index (κ3) is 6.80. The molecule has 2 amide bonds. The highest BCUT2D eigenvalue weighted by Gasteiger charge is 2.47. The number of methoxy groups -OCH3 is 1. The van der Waals surface area contributed by atoms with Gasteiger partial charge in [0, 0.05) is 19.6 Å². The van der Waals surface area contributed by atoms with Crippen LogP contribution in [0.1, 0.15) is 53.2 Å². The molecule has 0 aliphatic carbocycles. The average molecular weight is 583 g/mol. The summed E-state index contributed by atoms with van der Waals surface area (Å²) in [4.78, 5) is 31.0. The number of ether oxygens (including phenoxy) is 1. The highest BCUT2D eigenvalue weighted by Crippen LogP contribution is 2.42. The van der Waals surface area contributed by atoms with Gasteiger partial charge in [-0.1, -0.05) is 66.2 Å². The number of benzene rings is 3. The quantitative estimate of drug-likeness (QED) is 0.329. The van der Waals surface area contributed by atoms with Gasteiger partial charge >= 0.3 is 0 Å². The predicted octanol–water partition coefficient (Wildman–Crippen LogP) is 6.15. The van der Waals surface area contributed by atoms with Crippen LogP contribution in [0, 0.1) is 5.41 Å². The van der Waals surface area contributed by atoms with Gasteiger partial charge in [-0.15, -0.1) is 12.4 Å². The number of nitrogens with zero attached hydrogens (tertiary/aromatic N) is 2. The van der Waals surface area contributed by atoms with E-state index in [0.29, 0.717) is 23.0 Å². The van der Waals surface area contributed by atoms with Crippen LogP contribution in [0.25, 0.3) is 0 Å². The van der Waals surface area contributed by atoms with Crippen LogP contribution in [0.5, 0.6) is 5.75 Å². The van der Waals surface area contributed by atoms with E-state index in [-0.39, 0.29) is 29.8 Å². The van der Waals surface area contributed by atoms with E-state index in [2.05, 4.69) is 22.3 Å². The van der Waals surface area contributed by atoms with E-state index in [4.69, 9.17) is 16.3 Å². The van der Waals surface area contributed by atoms with E-state index in [9.17, 15) is 9.59 Å². The Hall–Kier alpha value is -3.06. The smallest absolute Gasteiger partial charge is 0.253 e. The van der Waals surface area contributed by atoms with Gasteiger partial charge in [-0.2, -0.15) is 0 Å². The van der Waals surface area contributed by atoms with E-state index >= 15 is 0 Å². The summed E-state index contributed by atoms with van der Waals surface area (Å²) in [6, 6.07) is 25.1. The van der Waals surface area contributed by atoms with Crippen LogP contribution in [0.4, 0.5) is 0 Å². The molecule has 1 unspecified atom stereocenters. The lowest BCUT2D eigenvalue weighted by Gasteiger charge is -2.38. The van der Waals surface area contributed by atoms with Gasteiger partial charge in [0.1, 0.15) is 5.75 Å². The maximum Gasteiger partial charge on any atom is 0.253 e. The van der Waals surface area contributed by atoms with E-state index in [0.717, 1.165) is 68.7 Å². The summed E-state index contributed by atoms with van der Waals surface area (Å²) >= 11 is 6.28. The van der Waals surface area contributed by atoms with Gasteiger partial charge in [0.25, 0.3) is 5.91 Å². The van der Waals surface area contributed by atoms with Crippen LogP contribution in [0.3, 0.4) is 0 Å². The summed E-state index contributed by atoms with van der Waals surface area (Å²) in [5.74, 6) is 0.959. The molecule has 5 rings (SSSR count). The highest BCUT2D eigenvalue weighted by molar-refractivity contribution is 6.33. The number of halogens is 2. The van der Waals surface area contributed by atoms with E-state index in [1.54, 1.807) is 19.2 Å². The molecule has 1 N–H and O–H groups in total. The van der Waals surface area contributed by atoms with Crippen molar-refractivity contribution in [2.45, 2.75) is 38.3 Å². The Morgan fingerprint density at radius 3 is 2.27 bits per heavy atom. The normalized spacial score (nSPS) is 17.4. The van der Waals surface area contributed by atoms with Gasteiger partial charge in [0.05, 0.1) is 29.2 Å². The van der Waals surface area contributed by atoms with Crippen LogP contribution < -0.4 is 10.1 Å². The zero-order valence-corrected chi connectivity index (χ0v) is 24.4. The van der Waals surface area contributed by atoms with Gasteiger partial charge < -0.3 is 19.9 Å². The number of carbonyl (C=O) groups excluding carboxylic acids is 2. The molecular formula is C32H37Cl2N3O3. The van der Waals surface area contributed by atoms with Crippen LogP contribution >= 0.6 is 24.0 Å². The minimum Gasteiger partial charge on any atom is -0.497 e. The topological polar surface area (TPSA) is 61.9 Å². The van der Waals surface area contributed by atoms with E-state index < -0.39 is 0 Å². The summed E-state index contributed by atoms with van der Waals surface area (Å²) in [6.07, 6.45) is 3.47. The van der Waals surface area contributed by atoms with Crippen LogP contribution in [-0.4, -0.2) is 54.9 Å². The molecule has 2 aliphatic heterocycles. The first kappa shape index (κ1) is 29.9. The number of amides is 2. The molecule has 3 aromatic rings. The fraction of sp³-hybridized carbons (Fsp3) is 0.375. The van der Waals surface area contributed by atoms with Crippen molar-refractivity contribution in [3.8, 4) is 5.75 Å². The number of hydrogen-bond acceptors (Lipinski definition) is 4. The molecular weight excluding hydrogens is 545 g/mol. The second-order valence-electron chi connectivity index (χ2n) is 10.7. The zero-order chi connectivity index (χ0) is 27.2. The maximum atomic E-state index is 13.5. The Morgan fingerprint density at radius 2 is 1.60 bits per heavy atom. The number of likely N-dealkylation sites (tertiary alicyclic amines) is 2. The Kier molecular flexibility index (Phi) is 10.1. The monoisotopic (exact) mass is 581 g/mol. The molecule has 0 aromatic heterocycles. The molecule has 2 heterocycles. The van der Waals surface area contributed by atoms with Crippen molar-refractivity contribution in [2.75, 3.05) is 33.3 Å². The molecule has 0 bridgehead atoms. The summed E-state index contributed by atoms with van der Waals surface area (Å²) in [5.41, 5.74) is 2.45. The molecule has 2 aliphatic rings. The molecule has 2 saturated heterocycles. The fourth-order valence-corrected chi connectivity index (χ4v) is 6.09. The third-order valence-corrected chi connectivity index (χ3v) is 8.64.